The third-order valence-corrected chi connectivity index (χ3v) is 5.63. The maximum absolute atomic E-state index is 3.80. The van der Waals surface area contributed by atoms with Crippen molar-refractivity contribution in [1.82, 2.24) is 0 Å². The van der Waals surface area contributed by atoms with Crippen molar-refractivity contribution in [3.8, 4) is 0 Å². The summed E-state index contributed by atoms with van der Waals surface area (Å²) in [5.74, 6) is 0. The van der Waals surface area contributed by atoms with Crippen molar-refractivity contribution in [2.45, 2.75) is 113 Å². The molecule has 0 aromatic carbocycles. The zero-order chi connectivity index (χ0) is 23.5. The molecule has 0 spiro atoms. The number of unbranched alkanes of at least 4 members (excludes halogenated alkanes) is 1. The van der Waals surface area contributed by atoms with Gasteiger partial charge in [0.1, 0.15) is 0 Å². The summed E-state index contributed by atoms with van der Waals surface area (Å²) in [5, 5.41) is 0. The molecule has 0 aliphatic carbocycles. The van der Waals surface area contributed by atoms with Crippen LogP contribution in [0.15, 0.2) is 82.5 Å². The Balaban J connectivity index is 4.08. The fraction of sp³-hybridized carbons (Fsp3) is 0.548. The highest BCUT2D eigenvalue weighted by atomic mass is 14.0. The Morgan fingerprint density at radius 3 is 1.13 bits per heavy atom. The highest BCUT2D eigenvalue weighted by Crippen LogP contribution is 2.14. The Labute approximate surface area is 195 Å². The van der Waals surface area contributed by atoms with E-state index < -0.39 is 0 Å². The van der Waals surface area contributed by atoms with Crippen LogP contribution in [0.1, 0.15) is 113 Å². The van der Waals surface area contributed by atoms with Crippen LogP contribution < -0.4 is 0 Å². The number of rotatable bonds is 16. The van der Waals surface area contributed by atoms with Crippen LogP contribution in [0, 0.1) is 0 Å². The van der Waals surface area contributed by atoms with Crippen molar-refractivity contribution in [2.75, 3.05) is 0 Å². The van der Waals surface area contributed by atoms with Crippen molar-refractivity contribution < 1.29 is 0 Å². The Kier molecular flexibility index (Phi) is 17.8. The zero-order valence-electron chi connectivity index (χ0n) is 21.8. The first-order valence-corrected chi connectivity index (χ1v) is 12.3. The fourth-order valence-corrected chi connectivity index (χ4v) is 3.36. The van der Waals surface area contributed by atoms with Gasteiger partial charge >= 0.3 is 0 Å². The van der Waals surface area contributed by atoms with Crippen LogP contribution in [0.5, 0.6) is 0 Å². The maximum atomic E-state index is 3.80. The molecule has 0 N–H and O–H groups in total. The van der Waals surface area contributed by atoms with Crippen molar-refractivity contribution >= 4 is 0 Å². The molecule has 0 nitrogen and oxygen atoms in total. The Hall–Kier alpha value is -1.82. The smallest absolute Gasteiger partial charge is 0.0288 e. The molecule has 0 aromatic rings. The van der Waals surface area contributed by atoms with Crippen molar-refractivity contribution in [3.63, 3.8) is 0 Å². The van der Waals surface area contributed by atoms with E-state index in [9.17, 15) is 0 Å². The van der Waals surface area contributed by atoms with Gasteiger partial charge in [0.2, 0.25) is 0 Å². The van der Waals surface area contributed by atoms with E-state index in [1.807, 2.05) is 6.08 Å². The number of allylic oxidation sites excluding steroid dienone is 13. The lowest BCUT2D eigenvalue weighted by Crippen LogP contribution is -1.82. The second-order valence-electron chi connectivity index (χ2n) is 9.37. The van der Waals surface area contributed by atoms with Crippen LogP contribution in [0.2, 0.25) is 0 Å². The molecule has 0 fully saturated rings. The topological polar surface area (TPSA) is 0 Å². The summed E-state index contributed by atoms with van der Waals surface area (Å²) in [5.41, 5.74) is 8.77. The average Bonchev–Trinajstić information content (AvgIpc) is 2.70. The van der Waals surface area contributed by atoms with Gasteiger partial charge in [-0.1, -0.05) is 82.5 Å². The predicted octanol–water partition coefficient (Wildman–Crippen LogP) is 10.8. The van der Waals surface area contributed by atoms with E-state index in [4.69, 9.17) is 0 Å². The molecule has 31 heavy (non-hydrogen) atoms. The van der Waals surface area contributed by atoms with Crippen LogP contribution in [0.25, 0.3) is 0 Å². The molecule has 0 atom stereocenters. The SMILES string of the molecule is C=C/C(C)=C\CC/C(C)=C/CC/C(C)=C/CC/C=C(\C)CC/C=C(\C)CCC=C(C)C. The second kappa shape index (κ2) is 18.9. The Bertz CT molecular complexity index is 682. The highest BCUT2D eigenvalue weighted by Gasteiger charge is 1.94. The molecule has 0 amide bonds. The monoisotopic (exact) mass is 422 g/mol. The molecule has 0 saturated heterocycles. The largest absolute Gasteiger partial charge is 0.0988 e. The summed E-state index contributed by atoms with van der Waals surface area (Å²) in [7, 11) is 0. The van der Waals surface area contributed by atoms with E-state index in [-0.39, 0.29) is 0 Å². The number of hydrogen-bond acceptors (Lipinski definition) is 0. The van der Waals surface area contributed by atoms with Crippen LogP contribution in [0.3, 0.4) is 0 Å². The predicted molar refractivity (Wildman–Crippen MR) is 145 cm³/mol. The average molecular weight is 423 g/mol. The van der Waals surface area contributed by atoms with Gasteiger partial charge in [0, 0.05) is 0 Å². The molecule has 0 heterocycles. The third kappa shape index (κ3) is 19.9. The van der Waals surface area contributed by atoms with Gasteiger partial charge in [-0.3, -0.25) is 0 Å². The van der Waals surface area contributed by atoms with Gasteiger partial charge in [0.15, 0.2) is 0 Å². The molecule has 0 aromatic heterocycles. The van der Waals surface area contributed by atoms with Gasteiger partial charge in [-0.15, -0.1) is 0 Å². The summed E-state index contributed by atoms with van der Waals surface area (Å²) >= 11 is 0. The summed E-state index contributed by atoms with van der Waals surface area (Å²) in [6, 6.07) is 0. The van der Waals surface area contributed by atoms with Crippen LogP contribution >= 0.6 is 0 Å². The van der Waals surface area contributed by atoms with Gasteiger partial charge in [-0.25, -0.2) is 0 Å². The molecule has 0 aliphatic heterocycles. The van der Waals surface area contributed by atoms with Gasteiger partial charge in [-0.05, 0) is 113 Å². The molecule has 0 radical (unpaired) electrons. The second-order valence-corrected chi connectivity index (χ2v) is 9.37. The molecular formula is C31H50. The standard InChI is InChI=1S/C31H50/c1-9-27(4)19-13-21-31(8)25-15-23-29(6)18-11-10-17-28(5)22-14-24-30(7)20-12-16-26(2)3/h9,16-19,24-25H,1,10-15,20-23H2,2-8H3/b27-19-,28-17+,29-18+,30-24+,31-25+. The summed E-state index contributed by atoms with van der Waals surface area (Å²) < 4.78 is 0. The van der Waals surface area contributed by atoms with Crippen molar-refractivity contribution in [3.05, 3.63) is 82.5 Å². The van der Waals surface area contributed by atoms with Gasteiger partial charge < -0.3 is 0 Å². The Morgan fingerprint density at radius 2 is 0.774 bits per heavy atom. The molecule has 0 bridgehead atoms. The molecule has 0 rings (SSSR count). The summed E-state index contributed by atoms with van der Waals surface area (Å²) in [6.07, 6.45) is 27.9. The first-order valence-electron chi connectivity index (χ1n) is 12.3. The first kappa shape index (κ1) is 29.2. The number of hydrogen-bond donors (Lipinski definition) is 0. The van der Waals surface area contributed by atoms with Gasteiger partial charge in [0.05, 0.1) is 0 Å². The Morgan fingerprint density at radius 1 is 0.452 bits per heavy atom. The van der Waals surface area contributed by atoms with E-state index >= 15 is 0 Å². The van der Waals surface area contributed by atoms with Crippen molar-refractivity contribution in [2.24, 2.45) is 0 Å². The quantitative estimate of drug-likeness (QED) is 0.132. The summed E-state index contributed by atoms with van der Waals surface area (Å²) in [4.78, 5) is 0. The van der Waals surface area contributed by atoms with E-state index in [0.29, 0.717) is 0 Å². The van der Waals surface area contributed by atoms with Crippen LogP contribution in [-0.2, 0) is 0 Å². The van der Waals surface area contributed by atoms with Gasteiger partial charge in [-0.2, -0.15) is 0 Å². The normalized spacial score (nSPS) is 14.1. The van der Waals surface area contributed by atoms with Crippen LogP contribution in [0.4, 0.5) is 0 Å². The molecule has 0 aliphatic rings. The minimum absolute atomic E-state index is 1.12. The lowest BCUT2D eigenvalue weighted by atomic mass is 10.0. The molecule has 0 unspecified atom stereocenters. The summed E-state index contributed by atoms with van der Waals surface area (Å²) in [6.45, 7) is 19.3. The van der Waals surface area contributed by atoms with E-state index in [1.165, 1.54) is 65.5 Å². The molecule has 0 saturated carbocycles. The molecule has 0 heteroatoms. The zero-order valence-corrected chi connectivity index (χ0v) is 21.8. The van der Waals surface area contributed by atoms with Gasteiger partial charge in [0.25, 0.3) is 0 Å². The minimum Gasteiger partial charge on any atom is -0.0988 e. The lowest BCUT2D eigenvalue weighted by molar-refractivity contribution is 0.896. The van der Waals surface area contributed by atoms with Crippen LogP contribution in [-0.4, -0.2) is 0 Å². The van der Waals surface area contributed by atoms with Crippen molar-refractivity contribution in [1.29, 1.82) is 0 Å². The van der Waals surface area contributed by atoms with E-state index in [1.54, 1.807) is 0 Å². The fourth-order valence-electron chi connectivity index (χ4n) is 3.36. The lowest BCUT2D eigenvalue weighted by Gasteiger charge is -2.02. The maximum Gasteiger partial charge on any atom is -0.0288 e. The first-order chi connectivity index (χ1) is 14.7. The highest BCUT2D eigenvalue weighted by molar-refractivity contribution is 5.13. The van der Waals surface area contributed by atoms with E-state index in [0.717, 1.165) is 32.1 Å². The third-order valence-electron chi connectivity index (χ3n) is 5.63. The molecular weight excluding hydrogens is 372 g/mol. The minimum atomic E-state index is 1.12. The van der Waals surface area contributed by atoms with E-state index in [2.05, 4.69) is 91.5 Å². The molecule has 174 valence electrons.